The Bertz CT molecular complexity index is 616. The summed E-state index contributed by atoms with van der Waals surface area (Å²) in [6.07, 6.45) is 0. The first-order valence-electron chi connectivity index (χ1n) is 4.72. The van der Waals surface area contributed by atoms with Crippen molar-refractivity contribution in [2.24, 2.45) is 0 Å². The number of rotatable bonds is 2. The highest BCUT2D eigenvalue weighted by Crippen LogP contribution is 2.25. The minimum absolute atomic E-state index is 0.0668. The van der Waals surface area contributed by atoms with E-state index in [0.717, 1.165) is 6.07 Å². The van der Waals surface area contributed by atoms with Crippen molar-refractivity contribution in [2.45, 2.75) is 0 Å². The zero-order valence-electron chi connectivity index (χ0n) is 8.51. The molecule has 0 amide bonds. The molecule has 0 radical (unpaired) electrons. The highest BCUT2D eigenvalue weighted by atomic mass is 35.5. The van der Waals surface area contributed by atoms with Gasteiger partial charge in [0.05, 0.1) is 0 Å². The average Bonchev–Trinajstić information content (AvgIpc) is 2.33. The van der Waals surface area contributed by atoms with Crippen molar-refractivity contribution < 1.29 is 14.3 Å². The number of carboxylic acid groups (broad SMARTS) is 1. The van der Waals surface area contributed by atoms with Crippen LogP contribution in [0, 0.1) is 0 Å². The third kappa shape index (κ3) is 2.21. The monoisotopic (exact) mass is 250 g/mol. The summed E-state index contributed by atoms with van der Waals surface area (Å²) >= 11 is 5.81. The normalized spacial score (nSPS) is 10.2. The van der Waals surface area contributed by atoms with Crippen LogP contribution in [0.4, 0.5) is 0 Å². The molecule has 86 valence electrons. The first-order chi connectivity index (χ1) is 8.09. The van der Waals surface area contributed by atoms with Crippen molar-refractivity contribution in [1.29, 1.82) is 0 Å². The lowest BCUT2D eigenvalue weighted by atomic mass is 10.1. The van der Waals surface area contributed by atoms with Gasteiger partial charge in [0.1, 0.15) is 5.02 Å². The molecular formula is C12H7ClO4. The van der Waals surface area contributed by atoms with Crippen LogP contribution in [0.1, 0.15) is 10.6 Å². The van der Waals surface area contributed by atoms with Crippen LogP contribution in [0.15, 0.2) is 45.6 Å². The molecular weight excluding hydrogens is 244 g/mol. The maximum absolute atomic E-state index is 11.5. The van der Waals surface area contributed by atoms with Crippen LogP contribution in [0.3, 0.4) is 0 Å². The molecule has 17 heavy (non-hydrogen) atoms. The van der Waals surface area contributed by atoms with Gasteiger partial charge in [-0.05, 0) is 0 Å². The zero-order chi connectivity index (χ0) is 12.4. The summed E-state index contributed by atoms with van der Waals surface area (Å²) in [5.41, 5.74) is -0.0214. The quantitative estimate of drug-likeness (QED) is 0.890. The van der Waals surface area contributed by atoms with E-state index in [2.05, 4.69) is 0 Å². The van der Waals surface area contributed by atoms with Crippen molar-refractivity contribution in [2.75, 3.05) is 0 Å². The van der Waals surface area contributed by atoms with E-state index in [-0.39, 0.29) is 10.8 Å². The number of hydrogen-bond acceptors (Lipinski definition) is 3. The third-order valence-electron chi connectivity index (χ3n) is 2.14. The van der Waals surface area contributed by atoms with E-state index in [4.69, 9.17) is 21.1 Å². The van der Waals surface area contributed by atoms with Gasteiger partial charge in [-0.1, -0.05) is 41.9 Å². The van der Waals surface area contributed by atoms with E-state index in [1.54, 1.807) is 30.3 Å². The summed E-state index contributed by atoms with van der Waals surface area (Å²) in [5.74, 6) is -1.67. The van der Waals surface area contributed by atoms with Crippen molar-refractivity contribution in [3.8, 4) is 11.3 Å². The van der Waals surface area contributed by atoms with Gasteiger partial charge in [0, 0.05) is 11.6 Å². The number of hydrogen-bond donors (Lipinski definition) is 1. The van der Waals surface area contributed by atoms with Crippen molar-refractivity contribution in [3.63, 3.8) is 0 Å². The van der Waals surface area contributed by atoms with E-state index in [1.807, 2.05) is 0 Å². The molecule has 2 rings (SSSR count). The second-order valence-electron chi connectivity index (χ2n) is 3.29. The van der Waals surface area contributed by atoms with Gasteiger partial charge in [0.25, 0.3) is 0 Å². The first-order valence-corrected chi connectivity index (χ1v) is 5.10. The molecule has 0 aliphatic carbocycles. The van der Waals surface area contributed by atoms with Gasteiger partial charge >= 0.3 is 5.97 Å². The van der Waals surface area contributed by atoms with Gasteiger partial charge in [-0.25, -0.2) is 4.79 Å². The number of benzene rings is 1. The highest BCUT2D eigenvalue weighted by Gasteiger charge is 2.15. The minimum atomic E-state index is -1.31. The molecule has 1 aromatic heterocycles. The lowest BCUT2D eigenvalue weighted by Gasteiger charge is -2.03. The molecule has 4 nitrogen and oxygen atoms in total. The van der Waals surface area contributed by atoms with Gasteiger partial charge in [-0.2, -0.15) is 0 Å². The smallest absolute Gasteiger partial charge is 0.371 e. The molecule has 0 atom stereocenters. The molecule has 0 saturated heterocycles. The summed E-state index contributed by atoms with van der Waals surface area (Å²) in [7, 11) is 0. The highest BCUT2D eigenvalue weighted by molar-refractivity contribution is 6.32. The molecule has 1 N–H and O–H groups in total. The lowest BCUT2D eigenvalue weighted by molar-refractivity contribution is 0.0661. The molecule has 1 heterocycles. The van der Waals surface area contributed by atoms with Crippen LogP contribution in [0.5, 0.6) is 0 Å². The summed E-state index contributed by atoms with van der Waals surface area (Å²) in [6.45, 7) is 0. The first kappa shape index (κ1) is 11.4. The zero-order valence-corrected chi connectivity index (χ0v) is 9.27. The van der Waals surface area contributed by atoms with E-state index in [0.29, 0.717) is 5.56 Å². The molecule has 1 aromatic carbocycles. The molecule has 0 saturated carbocycles. The summed E-state index contributed by atoms with van der Waals surface area (Å²) in [4.78, 5) is 22.3. The molecule has 0 bridgehead atoms. The van der Waals surface area contributed by atoms with Gasteiger partial charge in [0.2, 0.25) is 11.2 Å². The molecule has 2 aromatic rings. The van der Waals surface area contributed by atoms with Crippen molar-refractivity contribution >= 4 is 17.6 Å². The molecule has 5 heteroatoms. The lowest BCUT2D eigenvalue weighted by Crippen LogP contribution is -2.07. The SMILES string of the molecule is O=C(O)c1cc(=O)c(Cl)c(-c2ccccc2)o1. The molecule has 0 unspecified atom stereocenters. The minimum Gasteiger partial charge on any atom is -0.475 e. The van der Waals surface area contributed by atoms with Gasteiger partial charge in [-0.15, -0.1) is 0 Å². The molecule has 0 fully saturated rings. The fourth-order valence-electron chi connectivity index (χ4n) is 1.36. The Hall–Kier alpha value is -2.07. The Kier molecular flexibility index (Phi) is 2.97. The fourth-order valence-corrected chi connectivity index (χ4v) is 1.56. The van der Waals surface area contributed by atoms with Crippen LogP contribution < -0.4 is 5.43 Å². The molecule has 0 aliphatic heterocycles. The summed E-state index contributed by atoms with van der Waals surface area (Å²) in [5, 5.41) is 8.67. The van der Waals surface area contributed by atoms with E-state index in [1.165, 1.54) is 0 Å². The van der Waals surface area contributed by atoms with Crippen LogP contribution in [0.2, 0.25) is 5.02 Å². The molecule has 0 aliphatic rings. The Balaban J connectivity index is 2.69. The largest absolute Gasteiger partial charge is 0.475 e. The third-order valence-corrected chi connectivity index (χ3v) is 2.49. The summed E-state index contributed by atoms with van der Waals surface area (Å²) in [6, 6.07) is 9.47. The Morgan fingerprint density at radius 1 is 1.24 bits per heavy atom. The Labute approximate surface area is 101 Å². The van der Waals surface area contributed by atoms with Crippen LogP contribution in [-0.2, 0) is 0 Å². The Morgan fingerprint density at radius 2 is 1.88 bits per heavy atom. The van der Waals surface area contributed by atoms with Crippen LogP contribution in [-0.4, -0.2) is 11.1 Å². The standard InChI is InChI=1S/C12H7ClO4/c13-10-8(14)6-9(12(15)16)17-11(10)7-4-2-1-3-5-7/h1-6H,(H,15,16). The van der Waals surface area contributed by atoms with Gasteiger partial charge in [-0.3, -0.25) is 4.79 Å². The fraction of sp³-hybridized carbons (Fsp3) is 0. The number of halogens is 1. The predicted octanol–water partition coefficient (Wildman–Crippen LogP) is 2.66. The predicted molar refractivity (Wildman–Crippen MR) is 62.4 cm³/mol. The van der Waals surface area contributed by atoms with Crippen LogP contribution in [0.25, 0.3) is 11.3 Å². The number of aromatic carboxylic acids is 1. The second kappa shape index (κ2) is 4.43. The summed E-state index contributed by atoms with van der Waals surface area (Å²) < 4.78 is 5.11. The molecule has 0 spiro atoms. The van der Waals surface area contributed by atoms with E-state index < -0.39 is 17.2 Å². The average molecular weight is 251 g/mol. The van der Waals surface area contributed by atoms with Crippen molar-refractivity contribution in [1.82, 2.24) is 0 Å². The van der Waals surface area contributed by atoms with Gasteiger partial charge in [0.15, 0.2) is 5.76 Å². The van der Waals surface area contributed by atoms with E-state index in [9.17, 15) is 9.59 Å². The van der Waals surface area contributed by atoms with E-state index >= 15 is 0 Å². The number of carboxylic acids is 1. The Morgan fingerprint density at radius 3 is 2.47 bits per heavy atom. The maximum Gasteiger partial charge on any atom is 0.371 e. The maximum atomic E-state index is 11.5. The van der Waals surface area contributed by atoms with Crippen molar-refractivity contribution in [3.05, 3.63) is 57.4 Å². The van der Waals surface area contributed by atoms with Gasteiger partial charge < -0.3 is 9.52 Å². The van der Waals surface area contributed by atoms with Crippen LogP contribution >= 0.6 is 11.6 Å². The number of carbonyl (C=O) groups is 1. The second-order valence-corrected chi connectivity index (χ2v) is 3.67. The topological polar surface area (TPSA) is 67.5 Å².